The molecule has 0 unspecified atom stereocenters. The van der Waals surface area contributed by atoms with E-state index >= 15 is 0 Å². The third kappa shape index (κ3) is 4.23. The fourth-order valence-corrected chi connectivity index (χ4v) is 2.35. The van der Waals surface area contributed by atoms with Gasteiger partial charge in [-0.1, -0.05) is 36.4 Å². The lowest BCUT2D eigenvalue weighted by Crippen LogP contribution is -2.24. The van der Waals surface area contributed by atoms with Gasteiger partial charge in [0.15, 0.2) is 0 Å². The number of hydrogen-bond acceptors (Lipinski definition) is 4. The Morgan fingerprint density at radius 2 is 2.00 bits per heavy atom. The lowest BCUT2D eigenvalue weighted by atomic mass is 10.1. The van der Waals surface area contributed by atoms with Crippen LogP contribution in [0.3, 0.4) is 0 Å². The molecule has 0 fully saturated rings. The summed E-state index contributed by atoms with van der Waals surface area (Å²) in [7, 11) is 0. The van der Waals surface area contributed by atoms with Crippen LogP contribution in [0, 0.1) is 0 Å². The fourth-order valence-electron chi connectivity index (χ4n) is 2.35. The van der Waals surface area contributed by atoms with Crippen molar-refractivity contribution in [1.82, 2.24) is 20.5 Å². The van der Waals surface area contributed by atoms with Crippen LogP contribution in [0.4, 0.5) is 0 Å². The first kappa shape index (κ1) is 16.7. The van der Waals surface area contributed by atoms with E-state index in [9.17, 15) is 4.79 Å². The Hall–Kier alpha value is -3.15. The van der Waals surface area contributed by atoms with E-state index in [4.69, 9.17) is 4.74 Å². The number of nitrogens with zero attached hydrogens (tertiary/aromatic N) is 2. The third-order valence-corrected chi connectivity index (χ3v) is 3.53. The van der Waals surface area contributed by atoms with Crippen molar-refractivity contribution in [3.05, 3.63) is 66.0 Å². The van der Waals surface area contributed by atoms with Crippen LogP contribution < -0.4 is 10.1 Å². The molecular formula is C19H20N4O2. The summed E-state index contributed by atoms with van der Waals surface area (Å²) in [6, 6.07) is 15.1. The van der Waals surface area contributed by atoms with Crippen LogP contribution in [0.25, 0.3) is 11.3 Å². The molecule has 0 radical (unpaired) electrons. The van der Waals surface area contributed by atoms with Crippen molar-refractivity contribution in [1.29, 1.82) is 0 Å². The number of carbonyl (C=O) groups is 1. The highest BCUT2D eigenvalue weighted by atomic mass is 16.5. The van der Waals surface area contributed by atoms with Crippen LogP contribution in [-0.4, -0.2) is 27.2 Å². The molecular weight excluding hydrogens is 316 g/mol. The molecule has 0 spiro atoms. The number of rotatable bonds is 6. The van der Waals surface area contributed by atoms with E-state index in [-0.39, 0.29) is 12.0 Å². The second-order valence-electron chi connectivity index (χ2n) is 5.85. The van der Waals surface area contributed by atoms with Gasteiger partial charge in [-0.15, -0.1) is 0 Å². The summed E-state index contributed by atoms with van der Waals surface area (Å²) in [4.78, 5) is 16.6. The normalized spacial score (nSPS) is 10.7. The highest BCUT2D eigenvalue weighted by Gasteiger charge is 2.12. The molecule has 0 atom stereocenters. The highest BCUT2D eigenvalue weighted by Crippen LogP contribution is 2.18. The maximum absolute atomic E-state index is 12.4. The number of aromatic amines is 1. The minimum absolute atomic E-state index is 0.0189. The minimum atomic E-state index is -0.228. The number of hydrogen-bond donors (Lipinski definition) is 2. The molecule has 0 saturated heterocycles. The lowest BCUT2D eigenvalue weighted by Gasteiger charge is -2.13. The number of nitrogens with one attached hydrogen (secondary N) is 2. The molecule has 0 aliphatic heterocycles. The van der Waals surface area contributed by atoms with E-state index in [2.05, 4.69) is 20.5 Å². The number of ether oxygens (including phenoxy) is 1. The van der Waals surface area contributed by atoms with Crippen LogP contribution >= 0.6 is 0 Å². The first-order valence-corrected chi connectivity index (χ1v) is 8.13. The zero-order valence-electron chi connectivity index (χ0n) is 14.2. The Kier molecular flexibility index (Phi) is 5.09. The summed E-state index contributed by atoms with van der Waals surface area (Å²) < 4.78 is 5.66. The molecule has 2 N–H and O–H groups in total. The second kappa shape index (κ2) is 7.61. The van der Waals surface area contributed by atoms with E-state index in [0.717, 1.165) is 16.8 Å². The Bertz CT molecular complexity index is 843. The van der Waals surface area contributed by atoms with Gasteiger partial charge in [-0.25, -0.2) is 4.98 Å². The predicted octanol–water partition coefficient (Wildman–Crippen LogP) is 3.19. The molecule has 6 nitrogen and oxygen atoms in total. The average Bonchev–Trinajstić information content (AvgIpc) is 3.11. The topological polar surface area (TPSA) is 79.9 Å². The summed E-state index contributed by atoms with van der Waals surface area (Å²) in [6.45, 7) is 4.20. The van der Waals surface area contributed by atoms with Crippen molar-refractivity contribution in [3.8, 4) is 17.1 Å². The Balaban J connectivity index is 1.67. The van der Waals surface area contributed by atoms with Crippen molar-refractivity contribution in [3.63, 3.8) is 0 Å². The van der Waals surface area contributed by atoms with Gasteiger partial charge in [0, 0.05) is 23.9 Å². The molecule has 0 aliphatic carbocycles. The molecule has 2 aromatic heterocycles. The molecule has 128 valence electrons. The van der Waals surface area contributed by atoms with Gasteiger partial charge in [0.1, 0.15) is 5.69 Å². The van der Waals surface area contributed by atoms with E-state index in [1.54, 1.807) is 12.3 Å². The monoisotopic (exact) mass is 336 g/mol. The molecule has 0 bridgehead atoms. The second-order valence-corrected chi connectivity index (χ2v) is 5.85. The summed E-state index contributed by atoms with van der Waals surface area (Å²) >= 11 is 0. The number of carbonyl (C=O) groups excluding carboxylic acids is 1. The van der Waals surface area contributed by atoms with Gasteiger partial charge in [0.05, 0.1) is 11.8 Å². The average molecular weight is 336 g/mol. The van der Waals surface area contributed by atoms with Gasteiger partial charge in [0.25, 0.3) is 5.91 Å². The smallest absolute Gasteiger partial charge is 0.269 e. The molecule has 3 aromatic rings. The van der Waals surface area contributed by atoms with Crippen molar-refractivity contribution >= 4 is 5.91 Å². The van der Waals surface area contributed by atoms with Crippen LogP contribution in [0.2, 0.25) is 0 Å². The molecule has 0 saturated carbocycles. The molecule has 0 aliphatic rings. The van der Waals surface area contributed by atoms with Crippen LogP contribution in [-0.2, 0) is 6.54 Å². The van der Waals surface area contributed by atoms with Gasteiger partial charge in [-0.3, -0.25) is 9.89 Å². The maximum atomic E-state index is 12.4. The number of H-pyrrole nitrogens is 1. The summed E-state index contributed by atoms with van der Waals surface area (Å²) in [5.41, 5.74) is 2.93. The molecule has 3 rings (SSSR count). The van der Waals surface area contributed by atoms with Crippen LogP contribution in [0.5, 0.6) is 5.88 Å². The van der Waals surface area contributed by atoms with E-state index < -0.39 is 0 Å². The largest absolute Gasteiger partial charge is 0.475 e. The summed E-state index contributed by atoms with van der Waals surface area (Å²) in [6.07, 6.45) is 1.69. The lowest BCUT2D eigenvalue weighted by molar-refractivity contribution is 0.0945. The molecule has 2 heterocycles. The van der Waals surface area contributed by atoms with Crippen molar-refractivity contribution in [2.45, 2.75) is 26.5 Å². The summed E-state index contributed by atoms with van der Waals surface area (Å²) in [5.74, 6) is 0.307. The van der Waals surface area contributed by atoms with Gasteiger partial charge in [-0.2, -0.15) is 5.10 Å². The highest BCUT2D eigenvalue weighted by molar-refractivity contribution is 5.93. The van der Waals surface area contributed by atoms with Crippen molar-refractivity contribution < 1.29 is 9.53 Å². The molecule has 1 aromatic carbocycles. The molecule has 1 amide bonds. The molecule has 25 heavy (non-hydrogen) atoms. The zero-order valence-corrected chi connectivity index (χ0v) is 14.2. The quantitative estimate of drug-likeness (QED) is 0.724. The number of aromatic nitrogens is 3. The summed E-state index contributed by atoms with van der Waals surface area (Å²) in [5, 5.41) is 9.84. The van der Waals surface area contributed by atoms with Crippen LogP contribution in [0.15, 0.2) is 54.7 Å². The van der Waals surface area contributed by atoms with Gasteiger partial charge in [0.2, 0.25) is 5.88 Å². The van der Waals surface area contributed by atoms with E-state index in [0.29, 0.717) is 18.1 Å². The van der Waals surface area contributed by atoms with Crippen molar-refractivity contribution in [2.75, 3.05) is 0 Å². The van der Waals surface area contributed by atoms with Gasteiger partial charge < -0.3 is 10.1 Å². The Morgan fingerprint density at radius 3 is 2.76 bits per heavy atom. The number of amides is 1. The minimum Gasteiger partial charge on any atom is -0.475 e. The first-order chi connectivity index (χ1) is 12.1. The molecule has 6 heteroatoms. The standard InChI is InChI=1S/C19H20N4O2/c1-13(2)25-19-15(9-6-10-20-19)12-21-18(24)17-11-16(22-23-17)14-7-4-3-5-8-14/h3-11,13H,12H2,1-2H3,(H,21,24)(H,22,23). The van der Waals surface area contributed by atoms with E-state index in [1.807, 2.05) is 56.3 Å². The first-order valence-electron chi connectivity index (χ1n) is 8.13. The maximum Gasteiger partial charge on any atom is 0.269 e. The van der Waals surface area contributed by atoms with Gasteiger partial charge in [-0.05, 0) is 26.0 Å². The fraction of sp³-hybridized carbons (Fsp3) is 0.211. The van der Waals surface area contributed by atoms with Crippen LogP contribution in [0.1, 0.15) is 29.9 Å². The van der Waals surface area contributed by atoms with Gasteiger partial charge >= 0.3 is 0 Å². The predicted molar refractivity (Wildman–Crippen MR) is 95.2 cm³/mol. The van der Waals surface area contributed by atoms with Crippen molar-refractivity contribution in [2.24, 2.45) is 0 Å². The van der Waals surface area contributed by atoms with E-state index in [1.165, 1.54) is 0 Å². The zero-order chi connectivity index (χ0) is 17.6. The number of benzene rings is 1. The Morgan fingerprint density at radius 1 is 1.20 bits per heavy atom. The Labute approximate surface area is 146 Å². The number of pyridine rings is 1. The SMILES string of the molecule is CC(C)Oc1ncccc1CNC(=O)c1cc(-c2ccccc2)n[nH]1. The third-order valence-electron chi connectivity index (χ3n) is 3.53.